The molecule has 4 rings (SSSR count). The van der Waals surface area contributed by atoms with E-state index < -0.39 is 17.3 Å². The second-order valence-electron chi connectivity index (χ2n) is 6.43. The van der Waals surface area contributed by atoms with E-state index in [1.165, 1.54) is 11.3 Å². The topological polar surface area (TPSA) is 84.8 Å². The van der Waals surface area contributed by atoms with E-state index in [1.807, 2.05) is 30.3 Å². The number of H-pyrrole nitrogens is 1. The molecule has 2 heterocycles. The number of carbonyl (C=O) groups is 1. The van der Waals surface area contributed by atoms with Gasteiger partial charge in [-0.1, -0.05) is 42.5 Å². The third kappa shape index (κ3) is 3.57. The van der Waals surface area contributed by atoms with Crippen LogP contribution in [0.15, 0.2) is 75.8 Å². The van der Waals surface area contributed by atoms with E-state index in [0.29, 0.717) is 15.9 Å². The molecule has 28 heavy (non-hydrogen) atoms. The first-order chi connectivity index (χ1) is 13.6. The Kier molecular flexibility index (Phi) is 4.99. The minimum absolute atomic E-state index is 0.0773. The molecular formula is C21H17N3O3S. The maximum atomic E-state index is 13.1. The van der Waals surface area contributed by atoms with E-state index >= 15 is 0 Å². The molecule has 1 atom stereocenters. The van der Waals surface area contributed by atoms with Gasteiger partial charge in [0.25, 0.3) is 5.56 Å². The molecule has 0 aliphatic heterocycles. The first-order valence-corrected chi connectivity index (χ1v) is 9.70. The summed E-state index contributed by atoms with van der Waals surface area (Å²) in [4.78, 5) is 45.8. The van der Waals surface area contributed by atoms with E-state index in [9.17, 15) is 14.4 Å². The van der Waals surface area contributed by atoms with Crippen molar-refractivity contribution in [2.75, 3.05) is 0 Å². The summed E-state index contributed by atoms with van der Waals surface area (Å²) in [6, 6.07) is 15.3. The van der Waals surface area contributed by atoms with Crippen LogP contribution >= 0.6 is 11.3 Å². The van der Waals surface area contributed by atoms with Gasteiger partial charge in [-0.2, -0.15) is 0 Å². The monoisotopic (exact) mass is 391 g/mol. The Morgan fingerprint density at radius 2 is 1.82 bits per heavy atom. The highest BCUT2D eigenvalue weighted by atomic mass is 32.1. The zero-order valence-electron chi connectivity index (χ0n) is 14.9. The maximum absolute atomic E-state index is 13.1. The van der Waals surface area contributed by atoms with Crippen molar-refractivity contribution in [3.8, 4) is 0 Å². The van der Waals surface area contributed by atoms with Crippen molar-refractivity contribution in [3.63, 3.8) is 0 Å². The van der Waals surface area contributed by atoms with Crippen LogP contribution in [0.4, 0.5) is 0 Å². The highest BCUT2D eigenvalue weighted by molar-refractivity contribution is 7.09. The van der Waals surface area contributed by atoms with Gasteiger partial charge < -0.3 is 4.98 Å². The van der Waals surface area contributed by atoms with Gasteiger partial charge in [-0.05, 0) is 17.7 Å². The van der Waals surface area contributed by atoms with Crippen LogP contribution in [0.25, 0.3) is 10.9 Å². The summed E-state index contributed by atoms with van der Waals surface area (Å²) in [7, 11) is 0. The molecule has 6 nitrogen and oxygen atoms in total. The van der Waals surface area contributed by atoms with Crippen LogP contribution in [0, 0.1) is 0 Å². The molecule has 0 aliphatic rings. The number of hydrogen-bond acceptors (Lipinski definition) is 5. The van der Waals surface area contributed by atoms with Gasteiger partial charge in [-0.25, -0.2) is 14.3 Å². The molecule has 0 radical (unpaired) electrons. The summed E-state index contributed by atoms with van der Waals surface area (Å²) in [5.74, 6) is -0.221. The fourth-order valence-corrected chi connectivity index (χ4v) is 3.88. The number of rotatable bonds is 6. The maximum Gasteiger partial charge on any atom is 0.329 e. The number of ketones is 1. The molecule has 1 N–H and O–H groups in total. The number of nitrogens with one attached hydrogen (secondary N) is 1. The lowest BCUT2D eigenvalue weighted by molar-refractivity contribution is -0.121. The third-order valence-corrected chi connectivity index (χ3v) is 5.38. The summed E-state index contributed by atoms with van der Waals surface area (Å²) in [6.45, 7) is 0. The van der Waals surface area contributed by atoms with Crippen LogP contribution in [-0.2, 0) is 17.6 Å². The number of aromatic amines is 1. The van der Waals surface area contributed by atoms with Gasteiger partial charge in [0.2, 0.25) is 0 Å². The molecule has 7 heteroatoms. The summed E-state index contributed by atoms with van der Waals surface area (Å²) in [5, 5.41) is 2.83. The number of benzene rings is 2. The molecule has 0 aliphatic carbocycles. The molecule has 0 bridgehead atoms. The first-order valence-electron chi connectivity index (χ1n) is 8.82. The van der Waals surface area contributed by atoms with Crippen LogP contribution < -0.4 is 11.2 Å². The number of carbonyl (C=O) groups excluding carboxylic acids is 1. The number of Topliss-reactive ketones (excluding diaryl/α,β-unsaturated/α-hetero) is 1. The van der Waals surface area contributed by atoms with Crippen molar-refractivity contribution in [1.82, 2.24) is 14.5 Å². The Labute approximate surface area is 164 Å². The van der Waals surface area contributed by atoms with Crippen LogP contribution in [0.3, 0.4) is 0 Å². The Morgan fingerprint density at radius 1 is 1.07 bits per heavy atom. The standard InChI is InChI=1S/C21H17N3O3S/c25-18(13-19-22-10-11-28-19)17(12-14-6-2-1-3-7-14)24-20(26)15-8-4-5-9-16(15)23-21(24)27/h1-11,17H,12-13H2,(H,23,27). The van der Waals surface area contributed by atoms with Gasteiger partial charge in [-0.15, -0.1) is 11.3 Å². The van der Waals surface area contributed by atoms with E-state index in [0.717, 1.165) is 10.1 Å². The van der Waals surface area contributed by atoms with Crippen LogP contribution in [0.1, 0.15) is 16.6 Å². The zero-order valence-corrected chi connectivity index (χ0v) is 15.7. The van der Waals surface area contributed by atoms with Crippen molar-refractivity contribution in [3.05, 3.63) is 97.6 Å². The van der Waals surface area contributed by atoms with Crippen molar-refractivity contribution in [2.45, 2.75) is 18.9 Å². The molecule has 4 aromatic rings. The molecule has 2 aromatic carbocycles. The molecule has 1 unspecified atom stereocenters. The van der Waals surface area contributed by atoms with Gasteiger partial charge in [0, 0.05) is 18.0 Å². The van der Waals surface area contributed by atoms with Crippen molar-refractivity contribution in [1.29, 1.82) is 0 Å². The fourth-order valence-electron chi connectivity index (χ4n) is 3.25. The average Bonchev–Trinajstić information content (AvgIpc) is 3.21. The molecule has 2 aromatic heterocycles. The van der Waals surface area contributed by atoms with Gasteiger partial charge >= 0.3 is 5.69 Å². The molecule has 140 valence electrons. The Balaban J connectivity index is 1.83. The second-order valence-corrected chi connectivity index (χ2v) is 7.40. The lowest BCUT2D eigenvalue weighted by Crippen LogP contribution is -2.42. The van der Waals surface area contributed by atoms with Crippen LogP contribution in [0.2, 0.25) is 0 Å². The molecular weight excluding hydrogens is 374 g/mol. The third-order valence-electron chi connectivity index (χ3n) is 4.60. The quantitative estimate of drug-likeness (QED) is 0.548. The van der Waals surface area contributed by atoms with Gasteiger partial charge in [-0.3, -0.25) is 9.59 Å². The fraction of sp³-hybridized carbons (Fsp3) is 0.143. The van der Waals surface area contributed by atoms with Gasteiger partial charge in [0.15, 0.2) is 5.78 Å². The smallest absolute Gasteiger partial charge is 0.307 e. The zero-order chi connectivity index (χ0) is 19.5. The Hall–Kier alpha value is -3.32. The van der Waals surface area contributed by atoms with Crippen molar-refractivity contribution in [2.24, 2.45) is 0 Å². The summed E-state index contributed by atoms with van der Waals surface area (Å²) < 4.78 is 1.05. The van der Waals surface area contributed by atoms with Crippen LogP contribution in [-0.4, -0.2) is 20.3 Å². The lowest BCUT2D eigenvalue weighted by Gasteiger charge is -2.18. The largest absolute Gasteiger partial charge is 0.329 e. The highest BCUT2D eigenvalue weighted by Gasteiger charge is 2.26. The number of nitrogens with zero attached hydrogens (tertiary/aromatic N) is 2. The number of para-hydroxylation sites is 1. The van der Waals surface area contributed by atoms with E-state index in [-0.39, 0.29) is 18.6 Å². The summed E-state index contributed by atoms with van der Waals surface area (Å²) >= 11 is 1.38. The van der Waals surface area contributed by atoms with Gasteiger partial charge in [0.05, 0.1) is 22.3 Å². The number of hydrogen-bond donors (Lipinski definition) is 1. The summed E-state index contributed by atoms with van der Waals surface area (Å²) in [6.07, 6.45) is 1.97. The molecule has 0 saturated carbocycles. The highest BCUT2D eigenvalue weighted by Crippen LogP contribution is 2.17. The molecule has 0 amide bonds. The Bertz CT molecular complexity index is 1230. The van der Waals surface area contributed by atoms with Crippen LogP contribution in [0.5, 0.6) is 0 Å². The number of aromatic nitrogens is 3. The van der Waals surface area contributed by atoms with Gasteiger partial charge in [0.1, 0.15) is 6.04 Å². The minimum atomic E-state index is -0.910. The van der Waals surface area contributed by atoms with E-state index in [1.54, 1.807) is 35.8 Å². The average molecular weight is 391 g/mol. The van der Waals surface area contributed by atoms with E-state index in [4.69, 9.17) is 0 Å². The predicted molar refractivity (Wildman–Crippen MR) is 109 cm³/mol. The van der Waals surface area contributed by atoms with E-state index in [2.05, 4.69) is 9.97 Å². The SMILES string of the molecule is O=C(Cc1nccs1)C(Cc1ccccc1)n1c(=O)[nH]c2ccccc2c1=O. The minimum Gasteiger partial charge on any atom is -0.307 e. The van der Waals surface area contributed by atoms with Crippen molar-refractivity contribution < 1.29 is 4.79 Å². The summed E-state index contributed by atoms with van der Waals surface area (Å²) in [5.41, 5.74) is 0.281. The first kappa shape index (κ1) is 18.1. The Morgan fingerprint density at radius 3 is 2.57 bits per heavy atom. The molecule has 0 saturated heterocycles. The molecule has 0 spiro atoms. The lowest BCUT2D eigenvalue weighted by atomic mass is 10.00. The second kappa shape index (κ2) is 7.74. The number of thiazole rings is 1. The predicted octanol–water partition coefficient (Wildman–Crippen LogP) is 2.74. The molecule has 0 fully saturated rings. The normalized spacial score (nSPS) is 12.1. The number of fused-ring (bicyclic) bond motifs is 1. The van der Waals surface area contributed by atoms with Crippen molar-refractivity contribution >= 4 is 28.0 Å².